The Morgan fingerprint density at radius 1 is 0.941 bits per heavy atom. The third kappa shape index (κ3) is 9.60. The minimum Gasteiger partial charge on any atom is -0.367 e. The van der Waals surface area contributed by atoms with E-state index < -0.39 is 24.0 Å². The van der Waals surface area contributed by atoms with Crippen LogP contribution in [0.5, 0.6) is 0 Å². The Labute approximate surface area is 103 Å². The van der Waals surface area contributed by atoms with Gasteiger partial charge >= 0.3 is 0 Å². The Balaban J connectivity index is 3.62. The van der Waals surface area contributed by atoms with Crippen molar-refractivity contribution in [2.75, 3.05) is 25.4 Å². The van der Waals surface area contributed by atoms with Crippen LogP contribution in [0.3, 0.4) is 0 Å². The molecule has 3 amide bonds. The number of carbonyl (C=O) groups is 3. The fourth-order valence-corrected chi connectivity index (χ4v) is 0.856. The van der Waals surface area contributed by atoms with E-state index in [2.05, 4.69) is 28.6 Å². The summed E-state index contributed by atoms with van der Waals surface area (Å²) >= 11 is 3.69. The van der Waals surface area contributed by atoms with Gasteiger partial charge in [0.1, 0.15) is 0 Å². The van der Waals surface area contributed by atoms with Crippen LogP contribution in [-0.4, -0.2) is 59.6 Å². The van der Waals surface area contributed by atoms with Gasteiger partial charge in [0.15, 0.2) is 6.29 Å². The van der Waals surface area contributed by atoms with Crippen molar-refractivity contribution in [3.8, 4) is 0 Å². The van der Waals surface area contributed by atoms with Gasteiger partial charge in [-0.15, -0.1) is 0 Å². The third-order valence-electron chi connectivity index (χ3n) is 1.52. The standard InChI is InChI=1S/C8H15N3O5S/c12-5(2-10-7(14)4-17)9-1-6(13)11-3-8(15)16/h8,15-17H,1-4H2,(H,9,12)(H,10,14)(H,11,13). The zero-order valence-corrected chi connectivity index (χ0v) is 9.87. The fraction of sp³-hybridized carbons (Fsp3) is 0.625. The van der Waals surface area contributed by atoms with Crippen molar-refractivity contribution in [1.82, 2.24) is 16.0 Å². The van der Waals surface area contributed by atoms with Gasteiger partial charge in [-0.05, 0) is 0 Å². The largest absolute Gasteiger partial charge is 0.367 e. The Kier molecular flexibility index (Phi) is 8.11. The maximum Gasteiger partial charge on any atom is 0.239 e. The lowest BCUT2D eigenvalue weighted by Crippen LogP contribution is -2.43. The summed E-state index contributed by atoms with van der Waals surface area (Å²) in [5, 5.41) is 23.6. The number of amides is 3. The number of thiol groups is 1. The van der Waals surface area contributed by atoms with Crippen LogP contribution in [-0.2, 0) is 14.4 Å². The molecule has 0 rings (SSSR count). The van der Waals surface area contributed by atoms with E-state index in [0.29, 0.717) is 0 Å². The first-order chi connectivity index (χ1) is 7.95. The summed E-state index contributed by atoms with van der Waals surface area (Å²) in [6.45, 7) is -0.858. The second-order valence-electron chi connectivity index (χ2n) is 3.00. The average Bonchev–Trinajstić information content (AvgIpc) is 2.30. The van der Waals surface area contributed by atoms with Gasteiger partial charge in [0.25, 0.3) is 0 Å². The molecule has 0 aliphatic rings. The molecule has 8 nitrogen and oxygen atoms in total. The lowest BCUT2D eigenvalue weighted by Gasteiger charge is -2.08. The summed E-state index contributed by atoms with van der Waals surface area (Å²) in [5.74, 6) is -1.51. The maximum atomic E-state index is 11.1. The lowest BCUT2D eigenvalue weighted by atomic mass is 10.5. The second kappa shape index (κ2) is 8.79. The highest BCUT2D eigenvalue weighted by molar-refractivity contribution is 7.81. The molecule has 0 aliphatic carbocycles. The average molecular weight is 265 g/mol. The van der Waals surface area contributed by atoms with Gasteiger partial charge in [-0.25, -0.2) is 0 Å². The van der Waals surface area contributed by atoms with Gasteiger partial charge in [0.05, 0.1) is 25.4 Å². The van der Waals surface area contributed by atoms with Crippen molar-refractivity contribution in [1.29, 1.82) is 0 Å². The number of rotatable bonds is 7. The van der Waals surface area contributed by atoms with E-state index in [-0.39, 0.29) is 25.4 Å². The van der Waals surface area contributed by atoms with E-state index in [9.17, 15) is 14.4 Å². The van der Waals surface area contributed by atoms with Gasteiger partial charge in [-0.3, -0.25) is 14.4 Å². The monoisotopic (exact) mass is 265 g/mol. The molecule has 0 radical (unpaired) electrons. The molecule has 98 valence electrons. The Morgan fingerprint density at radius 2 is 1.41 bits per heavy atom. The zero-order valence-electron chi connectivity index (χ0n) is 8.97. The predicted octanol–water partition coefficient (Wildman–Crippen LogP) is -3.42. The van der Waals surface area contributed by atoms with E-state index in [0.717, 1.165) is 0 Å². The van der Waals surface area contributed by atoms with Crippen molar-refractivity contribution in [3.63, 3.8) is 0 Å². The molecule has 0 bridgehead atoms. The molecule has 9 heteroatoms. The molecule has 0 fully saturated rings. The van der Waals surface area contributed by atoms with Crippen LogP contribution in [0.25, 0.3) is 0 Å². The smallest absolute Gasteiger partial charge is 0.239 e. The molecule has 17 heavy (non-hydrogen) atoms. The number of aliphatic hydroxyl groups excluding tert-OH is 1. The summed E-state index contributed by atoms with van der Waals surface area (Å²) in [6, 6.07) is 0. The highest BCUT2D eigenvalue weighted by Gasteiger charge is 2.07. The first-order valence-corrected chi connectivity index (χ1v) is 5.36. The summed E-state index contributed by atoms with van der Waals surface area (Å²) < 4.78 is 0. The summed E-state index contributed by atoms with van der Waals surface area (Å²) in [7, 11) is 0. The first-order valence-electron chi connectivity index (χ1n) is 4.72. The van der Waals surface area contributed by atoms with Crippen molar-refractivity contribution in [2.24, 2.45) is 0 Å². The molecule has 0 saturated carbocycles. The van der Waals surface area contributed by atoms with Crippen molar-refractivity contribution in [2.45, 2.75) is 6.29 Å². The van der Waals surface area contributed by atoms with Gasteiger partial charge < -0.3 is 26.2 Å². The molecule has 0 saturated heterocycles. The molecule has 0 spiro atoms. The Morgan fingerprint density at radius 3 is 1.88 bits per heavy atom. The zero-order chi connectivity index (χ0) is 13.3. The van der Waals surface area contributed by atoms with Crippen molar-refractivity contribution < 1.29 is 24.6 Å². The molecular weight excluding hydrogens is 250 g/mol. The quantitative estimate of drug-likeness (QED) is 0.211. The van der Waals surface area contributed by atoms with E-state index >= 15 is 0 Å². The fourth-order valence-electron chi connectivity index (χ4n) is 0.744. The molecule has 0 aromatic heterocycles. The van der Waals surface area contributed by atoms with Crippen LogP contribution in [0.2, 0.25) is 0 Å². The number of hydrogen-bond acceptors (Lipinski definition) is 6. The van der Waals surface area contributed by atoms with Crippen molar-refractivity contribution >= 4 is 30.4 Å². The second-order valence-corrected chi connectivity index (χ2v) is 3.31. The molecule has 0 heterocycles. The Bertz CT molecular complexity index is 284. The van der Waals surface area contributed by atoms with Crippen LogP contribution in [0, 0.1) is 0 Å². The molecule has 0 atom stereocenters. The van der Waals surface area contributed by atoms with E-state index in [1.54, 1.807) is 0 Å². The molecule has 0 aromatic rings. The SMILES string of the molecule is O=C(CS)NCC(=O)NCC(=O)NCC(O)O. The molecule has 5 N–H and O–H groups in total. The van der Waals surface area contributed by atoms with Crippen LogP contribution < -0.4 is 16.0 Å². The van der Waals surface area contributed by atoms with E-state index in [1.807, 2.05) is 0 Å². The van der Waals surface area contributed by atoms with Crippen LogP contribution in [0.15, 0.2) is 0 Å². The third-order valence-corrected chi connectivity index (χ3v) is 1.80. The van der Waals surface area contributed by atoms with E-state index in [1.165, 1.54) is 0 Å². The number of nitrogens with one attached hydrogen (secondary N) is 3. The minimum atomic E-state index is -1.63. The molecular formula is C8H15N3O5S. The number of aliphatic hydroxyl groups is 2. The normalized spacial score (nSPS) is 9.88. The molecule has 0 aliphatic heterocycles. The van der Waals surface area contributed by atoms with Crippen LogP contribution >= 0.6 is 12.6 Å². The summed E-state index contributed by atoms with van der Waals surface area (Å²) in [4.78, 5) is 32.8. The van der Waals surface area contributed by atoms with Gasteiger partial charge in [0, 0.05) is 0 Å². The summed E-state index contributed by atoms with van der Waals surface area (Å²) in [6.07, 6.45) is -1.63. The minimum absolute atomic E-state index is 0.0256. The van der Waals surface area contributed by atoms with E-state index in [4.69, 9.17) is 10.2 Å². The lowest BCUT2D eigenvalue weighted by molar-refractivity contribution is -0.127. The van der Waals surface area contributed by atoms with Gasteiger partial charge in [-0.2, -0.15) is 12.6 Å². The van der Waals surface area contributed by atoms with Crippen LogP contribution in [0.4, 0.5) is 0 Å². The maximum absolute atomic E-state index is 11.1. The number of hydrogen-bond donors (Lipinski definition) is 6. The van der Waals surface area contributed by atoms with Crippen molar-refractivity contribution in [3.05, 3.63) is 0 Å². The number of carbonyl (C=O) groups excluding carboxylic acids is 3. The molecule has 0 unspecified atom stereocenters. The van der Waals surface area contributed by atoms with Gasteiger partial charge in [0.2, 0.25) is 17.7 Å². The highest BCUT2D eigenvalue weighted by Crippen LogP contribution is 1.74. The first kappa shape index (κ1) is 15.7. The van der Waals surface area contributed by atoms with Gasteiger partial charge in [-0.1, -0.05) is 0 Å². The Hall–Kier alpha value is -1.32. The summed E-state index contributed by atoms with van der Waals surface area (Å²) in [5.41, 5.74) is 0. The molecule has 0 aromatic carbocycles. The van der Waals surface area contributed by atoms with Crippen LogP contribution in [0.1, 0.15) is 0 Å². The highest BCUT2D eigenvalue weighted by atomic mass is 32.1. The topological polar surface area (TPSA) is 128 Å². The predicted molar refractivity (Wildman–Crippen MR) is 61.1 cm³/mol.